The van der Waals surface area contributed by atoms with Crippen LogP contribution in [0.2, 0.25) is 0 Å². The summed E-state index contributed by atoms with van der Waals surface area (Å²) < 4.78 is 20.9. The maximum Gasteiger partial charge on any atom is 0.282 e. The number of hydrogen-bond donors (Lipinski definition) is 1. The Morgan fingerprint density at radius 3 is 2.70 bits per heavy atom. The van der Waals surface area contributed by atoms with E-state index in [4.69, 9.17) is 4.74 Å². The van der Waals surface area contributed by atoms with Crippen LogP contribution in [0.25, 0.3) is 11.3 Å². The van der Waals surface area contributed by atoms with Crippen LogP contribution in [0.15, 0.2) is 37.1 Å². The monoisotopic (exact) mass is 586 g/mol. The molecule has 7 rings (SSSR count). The average molecular weight is 587 g/mol. The molecule has 10 nitrogen and oxygen atoms in total. The van der Waals surface area contributed by atoms with Crippen LogP contribution in [0.1, 0.15) is 64.4 Å². The van der Waals surface area contributed by atoms with Gasteiger partial charge in [-0.15, -0.1) is 10.2 Å². The number of carbonyl (C=O) groups excluding carboxylic acids is 1. The Morgan fingerprint density at radius 2 is 1.95 bits per heavy atom. The van der Waals surface area contributed by atoms with Gasteiger partial charge in [0, 0.05) is 67.9 Å². The maximum absolute atomic E-state index is 14.5. The summed E-state index contributed by atoms with van der Waals surface area (Å²) >= 11 is 0. The van der Waals surface area contributed by atoms with E-state index in [1.165, 1.54) is 24.8 Å². The van der Waals surface area contributed by atoms with Crippen molar-refractivity contribution in [1.82, 2.24) is 35.4 Å². The number of nitrogens with one attached hydrogen (secondary N) is 1. The second kappa shape index (κ2) is 11.1. The normalized spacial score (nSPS) is 23.6. The molecule has 0 radical (unpaired) electrons. The van der Waals surface area contributed by atoms with Crippen molar-refractivity contribution >= 4 is 11.7 Å². The number of likely N-dealkylation sites (tertiary alicyclic amines) is 1. The van der Waals surface area contributed by atoms with Crippen molar-refractivity contribution in [2.24, 2.45) is 17.3 Å². The zero-order chi connectivity index (χ0) is 29.7. The third-order valence-corrected chi connectivity index (χ3v) is 9.72. The second-order valence-corrected chi connectivity index (χ2v) is 13.4. The van der Waals surface area contributed by atoms with Gasteiger partial charge in [-0.3, -0.25) is 9.69 Å². The van der Waals surface area contributed by atoms with Crippen LogP contribution in [0.5, 0.6) is 11.6 Å². The van der Waals surface area contributed by atoms with Gasteiger partial charge in [0.1, 0.15) is 24.2 Å². The Hall–Kier alpha value is -3.73. The molecular formula is C32H39FN8O2. The Labute approximate surface area is 251 Å². The van der Waals surface area contributed by atoms with Crippen molar-refractivity contribution in [3.8, 4) is 22.9 Å². The summed E-state index contributed by atoms with van der Waals surface area (Å²) in [5.41, 5.74) is 2.48. The fourth-order valence-corrected chi connectivity index (χ4v) is 7.69. The van der Waals surface area contributed by atoms with E-state index in [-0.39, 0.29) is 17.1 Å². The largest absolute Gasteiger partial charge is 0.434 e. The summed E-state index contributed by atoms with van der Waals surface area (Å²) in [7, 11) is 0. The van der Waals surface area contributed by atoms with Gasteiger partial charge in [0.25, 0.3) is 5.88 Å². The SMILES string of the molecule is CC(=O)NC1CC([C@@H](C(C)C)N2CC3(CCN(c4ncnnc4Oc4ccc(F)cc4-c4ncncc4C4CC4)C3)C2)C1. The van der Waals surface area contributed by atoms with Gasteiger partial charge in [-0.1, -0.05) is 13.8 Å². The highest BCUT2D eigenvalue weighted by Gasteiger charge is 2.53. The topological polar surface area (TPSA) is 109 Å². The summed E-state index contributed by atoms with van der Waals surface area (Å²) in [6.45, 7) is 10.1. The first-order valence-electron chi connectivity index (χ1n) is 15.5. The van der Waals surface area contributed by atoms with E-state index in [1.54, 1.807) is 13.0 Å². The van der Waals surface area contributed by atoms with E-state index in [0.29, 0.717) is 58.5 Å². The first kappa shape index (κ1) is 28.1. The minimum Gasteiger partial charge on any atom is -0.434 e. The molecular weight excluding hydrogens is 547 g/mol. The fraction of sp³-hybridized carbons (Fsp3) is 0.562. The van der Waals surface area contributed by atoms with Gasteiger partial charge in [0.2, 0.25) is 5.91 Å². The van der Waals surface area contributed by atoms with Gasteiger partial charge in [-0.05, 0) is 68.1 Å². The van der Waals surface area contributed by atoms with Crippen LogP contribution in [0, 0.1) is 23.1 Å². The van der Waals surface area contributed by atoms with Gasteiger partial charge in [-0.25, -0.2) is 19.3 Å². The molecule has 1 aromatic carbocycles. The Balaban J connectivity index is 1.06. The lowest BCUT2D eigenvalue weighted by Crippen LogP contribution is -2.65. The molecule has 4 heterocycles. The summed E-state index contributed by atoms with van der Waals surface area (Å²) in [5.74, 6) is 2.71. The number of amides is 1. The maximum atomic E-state index is 14.5. The van der Waals surface area contributed by atoms with Crippen molar-refractivity contribution < 1.29 is 13.9 Å². The predicted molar refractivity (Wildman–Crippen MR) is 159 cm³/mol. The van der Waals surface area contributed by atoms with E-state index in [1.807, 2.05) is 6.20 Å². The third kappa shape index (κ3) is 5.55. The molecule has 1 atom stereocenters. The lowest BCUT2D eigenvalue weighted by molar-refractivity contribution is -0.121. The Morgan fingerprint density at radius 1 is 1.14 bits per heavy atom. The molecule has 3 aromatic rings. The summed E-state index contributed by atoms with van der Waals surface area (Å²) in [5, 5.41) is 11.4. The molecule has 2 aromatic heterocycles. The highest BCUT2D eigenvalue weighted by Crippen LogP contribution is 2.48. The standard InChI is InChI=1S/C32H39FN8O2/c1-19(2)29(22-10-24(11-22)38-20(3)42)41-15-32(16-41)8-9-40(14-32)30-31(39-37-18-36-30)43-27-7-6-23(33)12-25(27)28-26(21-4-5-21)13-34-17-35-28/h6-7,12-13,17-19,21-22,24,29H,4-5,8-11,14-16H2,1-3H3,(H,38,42)/t22?,24?,29-/m1/s1. The number of halogens is 1. The van der Waals surface area contributed by atoms with Crippen LogP contribution >= 0.6 is 0 Å². The Kier molecular flexibility index (Phi) is 7.23. The number of rotatable bonds is 9. The lowest BCUT2D eigenvalue weighted by atomic mass is 9.68. The number of hydrogen-bond acceptors (Lipinski definition) is 9. The average Bonchev–Trinajstić information content (AvgIpc) is 3.70. The smallest absolute Gasteiger partial charge is 0.282 e. The van der Waals surface area contributed by atoms with Gasteiger partial charge in [0.05, 0.1) is 5.69 Å². The van der Waals surface area contributed by atoms with E-state index in [0.717, 1.165) is 63.8 Å². The van der Waals surface area contributed by atoms with Gasteiger partial charge >= 0.3 is 0 Å². The predicted octanol–water partition coefficient (Wildman–Crippen LogP) is 4.59. The number of benzene rings is 1. The molecule has 2 aliphatic carbocycles. The highest BCUT2D eigenvalue weighted by molar-refractivity contribution is 5.73. The summed E-state index contributed by atoms with van der Waals surface area (Å²) in [4.78, 5) is 29.7. The van der Waals surface area contributed by atoms with Crippen LogP contribution < -0.4 is 15.0 Å². The van der Waals surface area contributed by atoms with E-state index >= 15 is 0 Å². The number of aromatic nitrogens is 5. The fourth-order valence-electron chi connectivity index (χ4n) is 7.69. The van der Waals surface area contributed by atoms with Crippen LogP contribution in [0.4, 0.5) is 10.2 Å². The molecule has 4 fully saturated rings. The molecule has 43 heavy (non-hydrogen) atoms. The minimum absolute atomic E-state index is 0.0637. The molecule has 2 saturated carbocycles. The highest BCUT2D eigenvalue weighted by atomic mass is 19.1. The summed E-state index contributed by atoms with van der Waals surface area (Å²) in [6.07, 6.45) is 10.1. The zero-order valence-corrected chi connectivity index (χ0v) is 25.0. The van der Waals surface area contributed by atoms with Gasteiger partial charge in [-0.2, -0.15) is 0 Å². The molecule has 1 spiro atoms. The molecule has 2 saturated heterocycles. The number of carbonyl (C=O) groups is 1. The molecule has 226 valence electrons. The van der Waals surface area contributed by atoms with Crippen molar-refractivity contribution in [1.29, 1.82) is 0 Å². The van der Waals surface area contributed by atoms with Crippen LogP contribution in [-0.4, -0.2) is 74.2 Å². The van der Waals surface area contributed by atoms with Gasteiger partial charge < -0.3 is 15.0 Å². The molecule has 0 bridgehead atoms. The number of anilines is 1. The van der Waals surface area contributed by atoms with Crippen molar-refractivity contribution in [2.75, 3.05) is 31.1 Å². The first-order chi connectivity index (χ1) is 20.8. The molecule has 4 aliphatic rings. The molecule has 11 heteroatoms. The van der Waals surface area contributed by atoms with E-state index in [9.17, 15) is 9.18 Å². The van der Waals surface area contributed by atoms with E-state index < -0.39 is 0 Å². The van der Waals surface area contributed by atoms with E-state index in [2.05, 4.69) is 54.1 Å². The number of ether oxygens (including phenoxy) is 1. The summed E-state index contributed by atoms with van der Waals surface area (Å²) in [6, 6.07) is 5.33. The van der Waals surface area contributed by atoms with Gasteiger partial charge in [0.15, 0.2) is 5.82 Å². The molecule has 0 unspecified atom stereocenters. The lowest BCUT2D eigenvalue weighted by Gasteiger charge is -2.57. The molecule has 1 N–H and O–H groups in total. The Bertz CT molecular complexity index is 1500. The van der Waals surface area contributed by atoms with Crippen LogP contribution in [-0.2, 0) is 4.79 Å². The molecule has 2 aliphatic heterocycles. The van der Waals surface area contributed by atoms with Crippen LogP contribution in [0.3, 0.4) is 0 Å². The molecule has 1 amide bonds. The van der Waals surface area contributed by atoms with Crippen molar-refractivity contribution in [3.05, 3.63) is 48.4 Å². The minimum atomic E-state index is -0.358. The third-order valence-electron chi connectivity index (χ3n) is 9.72. The second-order valence-electron chi connectivity index (χ2n) is 13.4. The van der Waals surface area contributed by atoms with Crippen molar-refractivity contribution in [3.63, 3.8) is 0 Å². The van der Waals surface area contributed by atoms with Crippen molar-refractivity contribution in [2.45, 2.75) is 70.9 Å². The first-order valence-corrected chi connectivity index (χ1v) is 15.5. The quantitative estimate of drug-likeness (QED) is 0.385. The zero-order valence-electron chi connectivity index (χ0n) is 25.0. The number of nitrogens with zero attached hydrogens (tertiary/aromatic N) is 7.